The van der Waals surface area contributed by atoms with Crippen LogP contribution in [0.15, 0.2) is 24.3 Å². The average molecular weight is 431 g/mol. The van der Waals surface area contributed by atoms with Crippen molar-refractivity contribution in [2.24, 2.45) is 5.92 Å². The first-order chi connectivity index (χ1) is 13.0. The molecule has 1 aliphatic rings. The second kappa shape index (κ2) is 12.6. The number of amides is 2. The highest BCUT2D eigenvalue weighted by Gasteiger charge is 2.22. The van der Waals surface area contributed by atoms with E-state index in [0.717, 1.165) is 31.7 Å². The number of nitro benzene ring substituents is 1. The summed E-state index contributed by atoms with van der Waals surface area (Å²) in [5.74, 6) is 0.600. The van der Waals surface area contributed by atoms with Gasteiger partial charge >= 0.3 is 0 Å². The zero-order valence-electron chi connectivity index (χ0n) is 15.8. The Morgan fingerprint density at radius 1 is 1.43 bits per heavy atom. The number of nitrogens with zero attached hydrogens (tertiary/aromatic N) is 1. The third-order valence-corrected chi connectivity index (χ3v) is 5.21. The van der Waals surface area contributed by atoms with Gasteiger partial charge in [0.25, 0.3) is 11.6 Å². The van der Waals surface area contributed by atoms with Gasteiger partial charge in [0.15, 0.2) is 0 Å². The maximum absolute atomic E-state index is 12.5. The van der Waals surface area contributed by atoms with E-state index in [4.69, 9.17) is 0 Å². The number of nitrogens with one attached hydrogen (secondary N) is 3. The van der Waals surface area contributed by atoms with E-state index in [2.05, 4.69) is 16.0 Å². The van der Waals surface area contributed by atoms with Crippen LogP contribution in [0.25, 0.3) is 0 Å². The van der Waals surface area contributed by atoms with E-state index in [1.807, 2.05) is 6.26 Å². The average Bonchev–Trinajstić information content (AvgIpc) is 3.18. The van der Waals surface area contributed by atoms with Crippen LogP contribution in [0.4, 0.5) is 5.69 Å². The second-order valence-corrected chi connectivity index (χ2v) is 7.54. The van der Waals surface area contributed by atoms with Crippen molar-refractivity contribution in [2.75, 3.05) is 31.6 Å². The van der Waals surface area contributed by atoms with E-state index in [0.29, 0.717) is 18.9 Å². The second-order valence-electron chi connectivity index (χ2n) is 6.55. The van der Waals surface area contributed by atoms with Gasteiger partial charge in [-0.2, -0.15) is 11.8 Å². The molecule has 0 aromatic heterocycles. The van der Waals surface area contributed by atoms with E-state index >= 15 is 0 Å². The molecule has 2 amide bonds. The van der Waals surface area contributed by atoms with Crippen molar-refractivity contribution in [3.63, 3.8) is 0 Å². The molecule has 1 fully saturated rings. The SMILES string of the molecule is CSCCC(NC(=O)c1cccc([N+](=O)[O-])c1)C(=O)NCCC1CCNC1.Cl. The molecule has 1 saturated heterocycles. The summed E-state index contributed by atoms with van der Waals surface area (Å²) in [6.07, 6.45) is 4.46. The Labute approximate surface area is 175 Å². The minimum atomic E-state index is -0.661. The van der Waals surface area contributed by atoms with E-state index < -0.39 is 16.9 Å². The van der Waals surface area contributed by atoms with Crippen LogP contribution in [-0.4, -0.2) is 54.4 Å². The highest BCUT2D eigenvalue weighted by atomic mass is 35.5. The predicted molar refractivity (Wildman–Crippen MR) is 113 cm³/mol. The minimum absolute atomic E-state index is 0. The van der Waals surface area contributed by atoms with Gasteiger partial charge in [0.1, 0.15) is 6.04 Å². The first-order valence-electron chi connectivity index (χ1n) is 9.04. The molecule has 1 heterocycles. The number of non-ortho nitro benzene ring substituents is 1. The van der Waals surface area contributed by atoms with Crippen LogP contribution < -0.4 is 16.0 Å². The van der Waals surface area contributed by atoms with Crippen molar-refractivity contribution in [2.45, 2.75) is 25.3 Å². The number of hydrogen-bond donors (Lipinski definition) is 3. The van der Waals surface area contributed by atoms with Crippen LogP contribution >= 0.6 is 24.2 Å². The molecule has 0 saturated carbocycles. The van der Waals surface area contributed by atoms with E-state index in [1.165, 1.54) is 24.3 Å². The van der Waals surface area contributed by atoms with Crippen LogP contribution in [0.1, 0.15) is 29.6 Å². The fourth-order valence-electron chi connectivity index (χ4n) is 2.99. The molecule has 2 atom stereocenters. The Balaban J connectivity index is 0.00000392. The molecule has 0 aliphatic carbocycles. The fourth-order valence-corrected chi connectivity index (χ4v) is 3.46. The monoisotopic (exact) mass is 430 g/mol. The standard InChI is InChI=1S/C18H26N4O4S.ClH/c1-27-10-7-16(18(24)20-9-6-13-5-8-19-12-13)21-17(23)14-3-2-4-15(11-14)22(25)26;/h2-4,11,13,16,19H,5-10,12H2,1H3,(H,20,24)(H,21,23);1H. The van der Waals surface area contributed by atoms with Gasteiger partial charge in [-0.05, 0) is 56.3 Å². The molecule has 0 spiro atoms. The van der Waals surface area contributed by atoms with Crippen molar-refractivity contribution >= 4 is 41.7 Å². The summed E-state index contributed by atoms with van der Waals surface area (Å²) in [5, 5.41) is 19.8. The Kier molecular flexibility index (Phi) is 10.9. The van der Waals surface area contributed by atoms with Gasteiger partial charge in [0.2, 0.25) is 5.91 Å². The van der Waals surface area contributed by atoms with Gasteiger partial charge < -0.3 is 16.0 Å². The Bertz CT molecular complexity index is 671. The summed E-state index contributed by atoms with van der Waals surface area (Å²) in [7, 11) is 0. The van der Waals surface area contributed by atoms with Crippen LogP contribution in [0.3, 0.4) is 0 Å². The van der Waals surface area contributed by atoms with Gasteiger partial charge in [-0.3, -0.25) is 19.7 Å². The zero-order valence-corrected chi connectivity index (χ0v) is 17.4. The van der Waals surface area contributed by atoms with E-state index in [-0.39, 0.29) is 29.6 Å². The minimum Gasteiger partial charge on any atom is -0.354 e. The predicted octanol–water partition coefficient (Wildman–Crippen LogP) is 1.98. The van der Waals surface area contributed by atoms with Gasteiger partial charge in [-0.1, -0.05) is 6.07 Å². The third kappa shape index (κ3) is 7.65. The first-order valence-corrected chi connectivity index (χ1v) is 10.4. The Morgan fingerprint density at radius 2 is 2.21 bits per heavy atom. The van der Waals surface area contributed by atoms with Gasteiger partial charge in [-0.15, -0.1) is 12.4 Å². The molecular formula is C18H27ClN4O4S. The summed E-state index contributed by atoms with van der Waals surface area (Å²) < 4.78 is 0. The number of carbonyl (C=O) groups excluding carboxylic acids is 2. The summed E-state index contributed by atoms with van der Waals surface area (Å²) in [6.45, 7) is 2.58. The lowest BCUT2D eigenvalue weighted by Crippen LogP contribution is -2.47. The first kappa shape index (κ1) is 24.2. The van der Waals surface area contributed by atoms with Gasteiger partial charge in [-0.25, -0.2) is 0 Å². The van der Waals surface area contributed by atoms with Crippen LogP contribution in [0, 0.1) is 16.0 Å². The van der Waals surface area contributed by atoms with Gasteiger partial charge in [0.05, 0.1) is 4.92 Å². The summed E-state index contributed by atoms with van der Waals surface area (Å²) in [5.41, 5.74) is 0.0149. The fraction of sp³-hybridized carbons (Fsp3) is 0.556. The lowest BCUT2D eigenvalue weighted by Gasteiger charge is -2.19. The van der Waals surface area contributed by atoms with Crippen LogP contribution in [0.2, 0.25) is 0 Å². The molecule has 10 heteroatoms. The molecule has 8 nitrogen and oxygen atoms in total. The molecule has 1 aliphatic heterocycles. The number of halogens is 1. The molecule has 0 radical (unpaired) electrons. The smallest absolute Gasteiger partial charge is 0.270 e. The third-order valence-electron chi connectivity index (χ3n) is 4.57. The van der Waals surface area contributed by atoms with Crippen LogP contribution in [-0.2, 0) is 4.79 Å². The normalized spacial score (nSPS) is 16.7. The maximum atomic E-state index is 12.5. The number of thioether (sulfide) groups is 1. The Hall–Kier alpha value is -1.84. The van der Waals surface area contributed by atoms with E-state index in [9.17, 15) is 19.7 Å². The number of hydrogen-bond acceptors (Lipinski definition) is 6. The molecule has 156 valence electrons. The summed E-state index contributed by atoms with van der Waals surface area (Å²) in [6, 6.07) is 4.84. The van der Waals surface area contributed by atoms with Crippen LogP contribution in [0.5, 0.6) is 0 Å². The lowest BCUT2D eigenvalue weighted by atomic mass is 10.1. The zero-order chi connectivity index (χ0) is 19.6. The Morgan fingerprint density at radius 3 is 2.86 bits per heavy atom. The van der Waals surface area contributed by atoms with Crippen molar-refractivity contribution in [3.05, 3.63) is 39.9 Å². The van der Waals surface area contributed by atoms with Gasteiger partial charge in [0, 0.05) is 24.2 Å². The van der Waals surface area contributed by atoms with Crippen molar-refractivity contribution in [1.29, 1.82) is 0 Å². The number of nitro groups is 1. The summed E-state index contributed by atoms with van der Waals surface area (Å²) in [4.78, 5) is 35.3. The molecule has 2 rings (SSSR count). The van der Waals surface area contributed by atoms with E-state index in [1.54, 1.807) is 11.8 Å². The quantitative estimate of drug-likeness (QED) is 0.386. The number of rotatable bonds is 10. The number of carbonyl (C=O) groups is 2. The highest BCUT2D eigenvalue weighted by Crippen LogP contribution is 2.14. The maximum Gasteiger partial charge on any atom is 0.270 e. The number of benzene rings is 1. The lowest BCUT2D eigenvalue weighted by molar-refractivity contribution is -0.384. The topological polar surface area (TPSA) is 113 Å². The largest absolute Gasteiger partial charge is 0.354 e. The molecule has 1 aromatic carbocycles. The molecular weight excluding hydrogens is 404 g/mol. The molecule has 2 unspecified atom stereocenters. The highest BCUT2D eigenvalue weighted by molar-refractivity contribution is 7.98. The molecule has 0 bridgehead atoms. The molecule has 1 aromatic rings. The summed E-state index contributed by atoms with van der Waals surface area (Å²) >= 11 is 1.59. The van der Waals surface area contributed by atoms with Crippen molar-refractivity contribution < 1.29 is 14.5 Å². The van der Waals surface area contributed by atoms with Crippen molar-refractivity contribution in [3.8, 4) is 0 Å². The van der Waals surface area contributed by atoms with Crippen molar-refractivity contribution in [1.82, 2.24) is 16.0 Å². The molecule has 3 N–H and O–H groups in total. The molecule has 28 heavy (non-hydrogen) atoms.